The van der Waals surface area contributed by atoms with E-state index < -0.39 is 0 Å². The van der Waals surface area contributed by atoms with Gasteiger partial charge in [0.25, 0.3) is 0 Å². The molecular formula is C15H15NO2. The molecule has 0 aromatic heterocycles. The van der Waals surface area contributed by atoms with Crippen LogP contribution in [0.15, 0.2) is 42.5 Å². The van der Waals surface area contributed by atoms with Crippen LogP contribution in [0.3, 0.4) is 0 Å². The van der Waals surface area contributed by atoms with Gasteiger partial charge >= 0.3 is 5.97 Å². The smallest absolute Gasteiger partial charge is 0.338 e. The van der Waals surface area contributed by atoms with Crippen LogP contribution in [-0.2, 0) is 4.74 Å². The van der Waals surface area contributed by atoms with Gasteiger partial charge < -0.3 is 10.5 Å². The van der Waals surface area contributed by atoms with Gasteiger partial charge in [0.15, 0.2) is 0 Å². The molecule has 0 fully saturated rings. The van der Waals surface area contributed by atoms with E-state index in [1.807, 2.05) is 49.4 Å². The second-order valence-electron chi connectivity index (χ2n) is 4.14. The Morgan fingerprint density at radius 1 is 1.06 bits per heavy atom. The molecule has 0 aliphatic heterocycles. The number of hydrogen-bond acceptors (Lipinski definition) is 3. The van der Waals surface area contributed by atoms with Crippen molar-refractivity contribution >= 4 is 11.7 Å². The third-order valence-electron chi connectivity index (χ3n) is 2.89. The lowest BCUT2D eigenvalue weighted by Crippen LogP contribution is -2.03. The zero-order chi connectivity index (χ0) is 13.1. The van der Waals surface area contributed by atoms with Crippen LogP contribution in [0.2, 0.25) is 0 Å². The zero-order valence-corrected chi connectivity index (χ0v) is 10.4. The van der Waals surface area contributed by atoms with E-state index in [-0.39, 0.29) is 5.97 Å². The molecule has 0 aliphatic carbocycles. The van der Waals surface area contributed by atoms with Crippen molar-refractivity contribution in [2.45, 2.75) is 6.92 Å². The van der Waals surface area contributed by atoms with Crippen LogP contribution in [0.1, 0.15) is 15.9 Å². The van der Waals surface area contributed by atoms with E-state index in [0.717, 1.165) is 22.4 Å². The number of rotatable bonds is 2. The van der Waals surface area contributed by atoms with Gasteiger partial charge in [-0.25, -0.2) is 4.79 Å². The lowest BCUT2D eigenvalue weighted by Gasteiger charge is -2.07. The van der Waals surface area contributed by atoms with Crippen LogP contribution in [0.4, 0.5) is 5.69 Å². The summed E-state index contributed by atoms with van der Waals surface area (Å²) >= 11 is 0. The van der Waals surface area contributed by atoms with Gasteiger partial charge in [0, 0.05) is 5.69 Å². The van der Waals surface area contributed by atoms with Crippen LogP contribution in [0.5, 0.6) is 0 Å². The summed E-state index contributed by atoms with van der Waals surface area (Å²) in [6.07, 6.45) is 0. The van der Waals surface area contributed by atoms with Crippen LogP contribution in [-0.4, -0.2) is 13.1 Å². The molecule has 92 valence electrons. The summed E-state index contributed by atoms with van der Waals surface area (Å²) in [7, 11) is 1.39. The lowest BCUT2D eigenvalue weighted by molar-refractivity contribution is 0.0600. The number of ether oxygens (including phenoxy) is 1. The summed E-state index contributed by atoms with van der Waals surface area (Å²) < 4.78 is 4.77. The van der Waals surface area contributed by atoms with Crippen LogP contribution >= 0.6 is 0 Å². The van der Waals surface area contributed by atoms with Crippen molar-refractivity contribution in [1.82, 2.24) is 0 Å². The normalized spacial score (nSPS) is 10.1. The molecule has 2 rings (SSSR count). The van der Waals surface area contributed by atoms with Gasteiger partial charge in [-0.15, -0.1) is 0 Å². The van der Waals surface area contributed by atoms with Crippen LogP contribution in [0, 0.1) is 6.92 Å². The quantitative estimate of drug-likeness (QED) is 0.649. The second-order valence-corrected chi connectivity index (χ2v) is 4.14. The predicted molar refractivity (Wildman–Crippen MR) is 72.4 cm³/mol. The first-order valence-electron chi connectivity index (χ1n) is 5.66. The van der Waals surface area contributed by atoms with Gasteiger partial charge in [-0.2, -0.15) is 0 Å². The predicted octanol–water partition coefficient (Wildman–Crippen LogP) is 3.03. The van der Waals surface area contributed by atoms with E-state index in [2.05, 4.69) is 0 Å². The number of esters is 1. The highest BCUT2D eigenvalue weighted by Gasteiger charge is 2.10. The van der Waals surface area contributed by atoms with E-state index in [0.29, 0.717) is 5.56 Å². The van der Waals surface area contributed by atoms with Gasteiger partial charge in [-0.1, -0.05) is 24.3 Å². The number of aryl methyl sites for hydroxylation is 1. The van der Waals surface area contributed by atoms with Crippen LogP contribution < -0.4 is 5.73 Å². The number of nitrogens with two attached hydrogens (primary N) is 1. The van der Waals surface area contributed by atoms with Gasteiger partial charge in [0.05, 0.1) is 12.7 Å². The van der Waals surface area contributed by atoms with Crippen molar-refractivity contribution in [3.05, 3.63) is 53.6 Å². The Morgan fingerprint density at radius 3 is 2.28 bits per heavy atom. The number of carbonyl (C=O) groups is 1. The summed E-state index contributed by atoms with van der Waals surface area (Å²) in [6, 6.07) is 13.3. The third-order valence-corrected chi connectivity index (χ3v) is 2.89. The summed E-state index contributed by atoms with van der Waals surface area (Å²) in [5, 5.41) is 0. The Labute approximate surface area is 106 Å². The van der Waals surface area contributed by atoms with Crippen LogP contribution in [0.25, 0.3) is 11.1 Å². The average molecular weight is 241 g/mol. The maximum absolute atomic E-state index is 11.6. The number of anilines is 1. The van der Waals surface area contributed by atoms with Gasteiger partial charge in [0.1, 0.15) is 0 Å². The van der Waals surface area contributed by atoms with E-state index in [4.69, 9.17) is 10.5 Å². The molecule has 0 saturated heterocycles. The average Bonchev–Trinajstić information content (AvgIpc) is 2.39. The lowest BCUT2D eigenvalue weighted by atomic mass is 9.99. The van der Waals surface area contributed by atoms with Crippen molar-refractivity contribution in [2.24, 2.45) is 0 Å². The highest BCUT2D eigenvalue weighted by atomic mass is 16.5. The van der Waals surface area contributed by atoms with Gasteiger partial charge in [-0.05, 0) is 41.8 Å². The number of benzene rings is 2. The molecule has 2 aromatic rings. The highest BCUT2D eigenvalue weighted by molar-refractivity contribution is 5.92. The zero-order valence-electron chi connectivity index (χ0n) is 10.4. The summed E-state index contributed by atoms with van der Waals surface area (Å²) in [4.78, 5) is 11.6. The summed E-state index contributed by atoms with van der Waals surface area (Å²) in [6.45, 7) is 1.89. The first kappa shape index (κ1) is 12.2. The molecule has 0 amide bonds. The van der Waals surface area contributed by atoms with E-state index in [1.54, 1.807) is 0 Å². The highest BCUT2D eigenvalue weighted by Crippen LogP contribution is 2.23. The first-order valence-corrected chi connectivity index (χ1v) is 5.66. The summed E-state index contributed by atoms with van der Waals surface area (Å²) in [5.41, 5.74) is 9.86. The molecule has 0 saturated carbocycles. The Morgan fingerprint density at radius 2 is 1.67 bits per heavy atom. The third kappa shape index (κ3) is 2.35. The van der Waals surface area contributed by atoms with Gasteiger partial charge in [0.2, 0.25) is 0 Å². The van der Waals surface area contributed by atoms with Crippen molar-refractivity contribution in [1.29, 1.82) is 0 Å². The molecule has 0 spiro atoms. The molecule has 0 unspecified atom stereocenters. The molecule has 0 atom stereocenters. The molecule has 0 radical (unpaired) electrons. The topological polar surface area (TPSA) is 52.3 Å². The molecule has 3 nitrogen and oxygen atoms in total. The Hall–Kier alpha value is -2.29. The number of carbonyl (C=O) groups excluding carboxylic acids is 1. The largest absolute Gasteiger partial charge is 0.465 e. The fourth-order valence-corrected chi connectivity index (χ4v) is 1.81. The molecule has 3 heteroatoms. The molecule has 0 bridgehead atoms. The SMILES string of the molecule is COC(=O)c1cc(-c2ccc(N)cc2)ccc1C. The number of methoxy groups -OCH3 is 1. The molecule has 2 aromatic carbocycles. The van der Waals surface area contributed by atoms with E-state index in [9.17, 15) is 4.79 Å². The number of nitrogen functional groups attached to an aromatic ring is 1. The fourth-order valence-electron chi connectivity index (χ4n) is 1.81. The van der Waals surface area contributed by atoms with Crippen molar-refractivity contribution in [3.8, 4) is 11.1 Å². The minimum Gasteiger partial charge on any atom is -0.465 e. The fraction of sp³-hybridized carbons (Fsp3) is 0.133. The first-order chi connectivity index (χ1) is 8.61. The maximum atomic E-state index is 11.6. The molecule has 0 heterocycles. The monoisotopic (exact) mass is 241 g/mol. The minimum atomic E-state index is -0.315. The Balaban J connectivity index is 2.46. The molecular weight excluding hydrogens is 226 g/mol. The minimum absolute atomic E-state index is 0.315. The van der Waals surface area contributed by atoms with E-state index in [1.165, 1.54) is 7.11 Å². The van der Waals surface area contributed by atoms with Gasteiger partial charge in [-0.3, -0.25) is 0 Å². The number of hydrogen-bond donors (Lipinski definition) is 1. The summed E-state index contributed by atoms with van der Waals surface area (Å²) in [5.74, 6) is -0.315. The maximum Gasteiger partial charge on any atom is 0.338 e. The second kappa shape index (κ2) is 4.92. The molecule has 0 aliphatic rings. The standard InChI is InChI=1S/C15H15NO2/c1-10-3-4-12(9-14(10)15(17)18-2)11-5-7-13(16)8-6-11/h3-9H,16H2,1-2H3. The van der Waals surface area contributed by atoms with Crippen molar-refractivity contribution in [2.75, 3.05) is 12.8 Å². The molecule has 18 heavy (non-hydrogen) atoms. The van der Waals surface area contributed by atoms with E-state index >= 15 is 0 Å². The van der Waals surface area contributed by atoms with Crippen molar-refractivity contribution in [3.63, 3.8) is 0 Å². The van der Waals surface area contributed by atoms with Crippen molar-refractivity contribution < 1.29 is 9.53 Å². The molecule has 2 N–H and O–H groups in total. The Bertz CT molecular complexity index is 574. The Kier molecular flexibility index (Phi) is 3.33.